The Morgan fingerprint density at radius 3 is 2.38 bits per heavy atom. The third-order valence-corrected chi connectivity index (χ3v) is 12.3. The van der Waals surface area contributed by atoms with Crippen LogP contribution in [0.25, 0.3) is 0 Å². The van der Waals surface area contributed by atoms with Gasteiger partial charge in [-0.15, -0.1) is 0 Å². The number of imide groups is 1. The molecule has 1 unspecified atom stereocenters. The van der Waals surface area contributed by atoms with Crippen molar-refractivity contribution < 1.29 is 18.8 Å². The van der Waals surface area contributed by atoms with Crippen LogP contribution < -0.4 is 21.1 Å². The number of aromatic nitrogens is 2. The number of amides is 3. The number of hydrogen-bond acceptors (Lipinski definition) is 8. The molecule has 3 amide bonds. The maximum atomic E-state index is 15.4. The lowest BCUT2D eigenvalue weighted by atomic mass is 9.71. The van der Waals surface area contributed by atoms with E-state index < -0.39 is 17.6 Å². The number of carbonyl (C=O) groups is 3. The van der Waals surface area contributed by atoms with Crippen molar-refractivity contribution in [1.29, 1.82) is 0 Å². The van der Waals surface area contributed by atoms with Crippen molar-refractivity contribution in [3.8, 4) is 0 Å². The maximum absolute atomic E-state index is 15.4. The largest absolute Gasteiger partial charge is 0.378 e. The Hall–Kier alpha value is -4.29. The summed E-state index contributed by atoms with van der Waals surface area (Å²) in [6.07, 6.45) is 6.85. The van der Waals surface area contributed by atoms with E-state index in [0.717, 1.165) is 82.6 Å². The summed E-state index contributed by atoms with van der Waals surface area (Å²) in [7, 11) is 3.66. The molecule has 2 aromatic carbocycles. The average molecular weight is 732 g/mol. The zero-order valence-corrected chi connectivity index (χ0v) is 30.8. The van der Waals surface area contributed by atoms with Gasteiger partial charge in [0.25, 0.3) is 11.5 Å². The molecule has 1 aromatic heterocycles. The maximum Gasteiger partial charge on any atom is 0.287 e. The van der Waals surface area contributed by atoms with E-state index >= 15 is 4.39 Å². The quantitative estimate of drug-likeness (QED) is 0.347. The number of anilines is 2. The van der Waals surface area contributed by atoms with Crippen LogP contribution in [0.5, 0.6) is 0 Å². The predicted octanol–water partition coefficient (Wildman–Crippen LogP) is 4.82. The summed E-state index contributed by atoms with van der Waals surface area (Å²) in [6, 6.07) is 11.5. The van der Waals surface area contributed by atoms with Crippen molar-refractivity contribution in [1.82, 2.24) is 24.9 Å². The fourth-order valence-electron chi connectivity index (χ4n) is 8.77. The number of rotatable bonds is 6. The highest BCUT2D eigenvalue weighted by Gasteiger charge is 2.39. The summed E-state index contributed by atoms with van der Waals surface area (Å²) in [6.45, 7) is 6.72. The van der Waals surface area contributed by atoms with E-state index in [2.05, 4.69) is 44.7 Å². The Morgan fingerprint density at radius 1 is 1.00 bits per heavy atom. The molecule has 3 atom stereocenters. The smallest absolute Gasteiger partial charge is 0.287 e. The van der Waals surface area contributed by atoms with Gasteiger partial charge in [0, 0.05) is 75.6 Å². The van der Waals surface area contributed by atoms with Gasteiger partial charge in [-0.2, -0.15) is 5.10 Å². The molecule has 11 nitrogen and oxygen atoms in total. The molecule has 4 fully saturated rings. The second kappa shape index (κ2) is 14.6. The van der Waals surface area contributed by atoms with E-state index in [9.17, 15) is 19.2 Å². The second-order valence-electron chi connectivity index (χ2n) is 15.4. The lowest BCUT2D eigenvalue weighted by Gasteiger charge is -2.47. The highest BCUT2D eigenvalue weighted by molar-refractivity contribution is 6.32. The van der Waals surface area contributed by atoms with Crippen LogP contribution in [0.15, 0.2) is 47.4 Å². The zero-order valence-electron chi connectivity index (χ0n) is 30.1. The Kier molecular flexibility index (Phi) is 10.1. The van der Waals surface area contributed by atoms with E-state index in [1.54, 1.807) is 25.4 Å². The first-order valence-electron chi connectivity index (χ1n) is 18.3. The van der Waals surface area contributed by atoms with Gasteiger partial charge >= 0.3 is 0 Å². The Morgan fingerprint density at radius 2 is 1.69 bits per heavy atom. The highest BCUT2D eigenvalue weighted by Crippen LogP contribution is 2.43. The number of likely N-dealkylation sites (tertiary alicyclic amines) is 2. The molecule has 0 bridgehead atoms. The van der Waals surface area contributed by atoms with E-state index in [1.807, 2.05) is 24.0 Å². The summed E-state index contributed by atoms with van der Waals surface area (Å²) >= 11 is 6.32. The summed E-state index contributed by atoms with van der Waals surface area (Å²) in [5, 5.41) is 10.0. The van der Waals surface area contributed by atoms with Crippen LogP contribution in [0.2, 0.25) is 5.02 Å². The Bertz CT molecular complexity index is 1920. The van der Waals surface area contributed by atoms with E-state index in [0.29, 0.717) is 23.2 Å². The lowest BCUT2D eigenvalue weighted by Crippen LogP contribution is -2.48. The minimum atomic E-state index is -0.645. The third kappa shape index (κ3) is 7.32. The number of carbonyl (C=O) groups excluding carboxylic acids is 3. The Balaban J connectivity index is 0.923. The van der Waals surface area contributed by atoms with Crippen molar-refractivity contribution in [2.45, 2.75) is 69.7 Å². The van der Waals surface area contributed by atoms with Gasteiger partial charge in [-0.1, -0.05) is 29.8 Å². The molecule has 5 heterocycles. The van der Waals surface area contributed by atoms with Crippen molar-refractivity contribution >= 4 is 40.7 Å². The number of benzene rings is 2. The first kappa shape index (κ1) is 36.1. The van der Waals surface area contributed by atoms with Gasteiger partial charge in [0.2, 0.25) is 11.8 Å². The van der Waals surface area contributed by atoms with Gasteiger partial charge in [-0.25, -0.2) is 9.07 Å². The van der Waals surface area contributed by atoms with E-state index in [1.165, 1.54) is 10.2 Å². The minimum Gasteiger partial charge on any atom is -0.378 e. The van der Waals surface area contributed by atoms with Gasteiger partial charge in [0.1, 0.15) is 10.8 Å². The molecule has 0 saturated carbocycles. The Labute approximate surface area is 308 Å². The molecule has 7 rings (SSSR count). The standard InChI is InChI=1S/C39H47ClFN7O4/c1-24-18-30(29-8-9-34(49)44-36(29)50)31(41)20-33(24)47-14-10-39(11-15-47)12-16-48(17-13-39)37(51)26-6-4-25(5-7-26)27-19-28(23-45(2)22-27)43-32-21-42-46(3)38(52)35(32)40/h4-7,18,20-21,27-29,43H,8-17,19,22-23H2,1-3H3,(H,44,49,50)/t27-,28+,29?/m0/s1. The molecule has 3 aromatic rings. The third-order valence-electron chi connectivity index (χ3n) is 11.9. The van der Waals surface area contributed by atoms with Crippen LogP contribution >= 0.6 is 11.6 Å². The molecular formula is C39H47ClFN7O4. The van der Waals surface area contributed by atoms with Crippen molar-refractivity contribution in [2.24, 2.45) is 12.5 Å². The molecule has 52 heavy (non-hydrogen) atoms. The first-order chi connectivity index (χ1) is 24.9. The number of hydrogen-bond donors (Lipinski definition) is 2. The van der Waals surface area contributed by atoms with Gasteiger partial charge in [0.05, 0.1) is 17.8 Å². The number of nitrogens with one attached hydrogen (secondary N) is 2. The molecule has 4 aliphatic heterocycles. The monoisotopic (exact) mass is 731 g/mol. The van der Waals surface area contributed by atoms with E-state index in [4.69, 9.17) is 11.6 Å². The normalized spacial score (nSPS) is 23.8. The van der Waals surface area contributed by atoms with Gasteiger partial charge in [-0.05, 0) is 93.2 Å². The molecule has 1 spiro atoms. The number of likely N-dealkylation sites (N-methyl/N-ethyl adjacent to an activating group) is 1. The van der Waals surface area contributed by atoms with Crippen molar-refractivity contribution in [2.75, 3.05) is 56.5 Å². The van der Waals surface area contributed by atoms with E-state index in [-0.39, 0.29) is 46.2 Å². The number of aryl methyl sites for hydroxylation is 2. The average Bonchev–Trinajstić information content (AvgIpc) is 3.13. The molecular weight excluding hydrogens is 685 g/mol. The number of piperidine rings is 4. The zero-order chi connectivity index (χ0) is 36.7. The number of halogens is 2. The summed E-state index contributed by atoms with van der Waals surface area (Å²) in [5.74, 6) is -1.46. The summed E-state index contributed by atoms with van der Waals surface area (Å²) < 4.78 is 16.6. The van der Waals surface area contributed by atoms with Crippen LogP contribution in [-0.4, -0.2) is 89.7 Å². The molecule has 2 N–H and O–H groups in total. The van der Waals surface area contributed by atoms with Gasteiger partial charge in [0.15, 0.2) is 0 Å². The topological polar surface area (TPSA) is 120 Å². The summed E-state index contributed by atoms with van der Waals surface area (Å²) in [4.78, 5) is 56.3. The molecule has 13 heteroatoms. The SMILES string of the molecule is Cc1cc(C2CCC(=O)NC2=O)c(F)cc1N1CCC2(CCN(C(=O)c3ccc([C@H]4C[C@@H](Nc5cnn(C)c(=O)c5Cl)CN(C)C4)cc3)CC2)CC1. The van der Waals surface area contributed by atoms with Gasteiger partial charge in [-0.3, -0.25) is 24.5 Å². The fraction of sp³-hybridized carbons (Fsp3) is 0.513. The predicted molar refractivity (Wildman–Crippen MR) is 198 cm³/mol. The molecule has 0 radical (unpaired) electrons. The first-order valence-corrected chi connectivity index (χ1v) is 18.7. The fourth-order valence-corrected chi connectivity index (χ4v) is 9.00. The van der Waals surface area contributed by atoms with Gasteiger partial charge < -0.3 is 20.0 Å². The summed E-state index contributed by atoms with van der Waals surface area (Å²) in [5.41, 5.74) is 4.40. The molecule has 276 valence electrons. The molecule has 4 aliphatic rings. The highest BCUT2D eigenvalue weighted by atomic mass is 35.5. The van der Waals surface area contributed by atoms with Crippen LogP contribution in [-0.2, 0) is 16.6 Å². The van der Waals surface area contributed by atoms with Crippen molar-refractivity contribution in [3.05, 3.63) is 86.0 Å². The lowest BCUT2D eigenvalue weighted by molar-refractivity contribution is -0.134. The van der Waals surface area contributed by atoms with Crippen LogP contribution in [0.4, 0.5) is 15.8 Å². The molecule has 0 aliphatic carbocycles. The number of nitrogens with zero attached hydrogens (tertiary/aromatic N) is 5. The molecule has 4 saturated heterocycles. The minimum absolute atomic E-state index is 0.0640. The second-order valence-corrected chi connectivity index (χ2v) is 15.7. The van der Waals surface area contributed by atoms with Crippen LogP contribution in [0, 0.1) is 18.2 Å². The van der Waals surface area contributed by atoms with Crippen molar-refractivity contribution in [3.63, 3.8) is 0 Å². The van der Waals surface area contributed by atoms with Crippen LogP contribution in [0.3, 0.4) is 0 Å². The van der Waals surface area contributed by atoms with Crippen LogP contribution in [0.1, 0.15) is 83.8 Å².